The molecule has 2 aliphatic rings. The van der Waals surface area contributed by atoms with Gasteiger partial charge in [0.05, 0.1) is 13.1 Å². The zero-order valence-corrected chi connectivity index (χ0v) is 13.1. The molecule has 6 heteroatoms. The van der Waals surface area contributed by atoms with Gasteiger partial charge in [0.25, 0.3) is 0 Å². The molecule has 0 unspecified atom stereocenters. The van der Waals surface area contributed by atoms with Gasteiger partial charge in [0.15, 0.2) is 0 Å². The van der Waals surface area contributed by atoms with E-state index in [1.54, 1.807) is 7.05 Å². The summed E-state index contributed by atoms with van der Waals surface area (Å²) in [4.78, 5) is 30.1. The lowest BCUT2D eigenvalue weighted by atomic mass is 10.2. The Morgan fingerprint density at radius 3 is 1.86 bits per heavy atom. The SMILES string of the molecule is CNC(=O)CN1CCN(CC(=O)N2CCCCCC2)CC1. The van der Waals surface area contributed by atoms with Crippen LogP contribution in [0.5, 0.6) is 0 Å². The van der Waals surface area contributed by atoms with Crippen LogP contribution in [0.1, 0.15) is 25.7 Å². The zero-order chi connectivity index (χ0) is 15.1. The number of hydrogen-bond donors (Lipinski definition) is 1. The Hall–Kier alpha value is -1.14. The lowest BCUT2D eigenvalue weighted by Gasteiger charge is -2.34. The Labute approximate surface area is 127 Å². The number of piperazine rings is 1. The molecule has 0 bridgehead atoms. The van der Waals surface area contributed by atoms with E-state index in [4.69, 9.17) is 0 Å². The fourth-order valence-electron chi connectivity index (χ4n) is 3.00. The van der Waals surface area contributed by atoms with Gasteiger partial charge in [-0.3, -0.25) is 19.4 Å². The minimum absolute atomic E-state index is 0.0593. The van der Waals surface area contributed by atoms with Crippen molar-refractivity contribution in [1.29, 1.82) is 0 Å². The molecule has 2 heterocycles. The first-order valence-electron chi connectivity index (χ1n) is 8.12. The van der Waals surface area contributed by atoms with Crippen molar-refractivity contribution in [2.75, 3.05) is 59.4 Å². The molecule has 2 fully saturated rings. The fraction of sp³-hybridized carbons (Fsp3) is 0.867. The number of carbonyl (C=O) groups is 2. The number of rotatable bonds is 4. The molecule has 0 aromatic rings. The van der Waals surface area contributed by atoms with Crippen LogP contribution in [-0.4, -0.2) is 85.9 Å². The average molecular weight is 296 g/mol. The van der Waals surface area contributed by atoms with Crippen LogP contribution < -0.4 is 5.32 Å². The average Bonchev–Trinajstić information content (AvgIpc) is 2.78. The van der Waals surface area contributed by atoms with Gasteiger partial charge in [-0.25, -0.2) is 0 Å². The second kappa shape index (κ2) is 8.34. The maximum atomic E-state index is 12.3. The lowest BCUT2D eigenvalue weighted by Crippen LogP contribution is -2.51. The summed E-state index contributed by atoms with van der Waals surface area (Å²) < 4.78 is 0. The van der Waals surface area contributed by atoms with Crippen molar-refractivity contribution in [3.63, 3.8) is 0 Å². The molecule has 0 aromatic carbocycles. The Kier molecular flexibility index (Phi) is 6.45. The molecule has 0 saturated carbocycles. The highest BCUT2D eigenvalue weighted by Gasteiger charge is 2.22. The summed E-state index contributed by atoms with van der Waals surface area (Å²) in [5, 5.41) is 2.65. The quantitative estimate of drug-likeness (QED) is 0.777. The third kappa shape index (κ3) is 5.28. The van der Waals surface area contributed by atoms with Gasteiger partial charge in [-0.05, 0) is 12.8 Å². The minimum Gasteiger partial charge on any atom is -0.358 e. The van der Waals surface area contributed by atoms with Crippen LogP contribution in [0.2, 0.25) is 0 Å². The van der Waals surface area contributed by atoms with Gasteiger partial charge >= 0.3 is 0 Å². The standard InChI is InChI=1S/C15H28N4O2/c1-16-14(20)12-17-8-10-18(11-9-17)13-15(21)19-6-4-2-3-5-7-19/h2-13H2,1H3,(H,16,20). The first-order chi connectivity index (χ1) is 10.2. The highest BCUT2D eigenvalue weighted by Crippen LogP contribution is 2.10. The van der Waals surface area contributed by atoms with Crippen LogP contribution >= 0.6 is 0 Å². The predicted octanol–water partition coefficient (Wildman–Crippen LogP) is -0.247. The first-order valence-corrected chi connectivity index (χ1v) is 8.12. The normalized spacial score (nSPS) is 21.9. The highest BCUT2D eigenvalue weighted by atomic mass is 16.2. The van der Waals surface area contributed by atoms with Crippen molar-refractivity contribution in [3.05, 3.63) is 0 Å². The number of likely N-dealkylation sites (tertiary alicyclic amines) is 1. The van der Waals surface area contributed by atoms with E-state index in [2.05, 4.69) is 15.1 Å². The fourth-order valence-corrected chi connectivity index (χ4v) is 3.00. The van der Waals surface area contributed by atoms with Crippen molar-refractivity contribution >= 4 is 11.8 Å². The summed E-state index contributed by atoms with van der Waals surface area (Å²) in [5.41, 5.74) is 0. The number of nitrogens with zero attached hydrogens (tertiary/aromatic N) is 3. The summed E-state index contributed by atoms with van der Waals surface area (Å²) in [6, 6.07) is 0. The summed E-state index contributed by atoms with van der Waals surface area (Å²) in [7, 11) is 1.67. The summed E-state index contributed by atoms with van der Waals surface area (Å²) in [6.07, 6.45) is 4.79. The van der Waals surface area contributed by atoms with Crippen LogP contribution in [0.3, 0.4) is 0 Å². The molecule has 0 aliphatic carbocycles. The van der Waals surface area contributed by atoms with Crippen molar-refractivity contribution in [2.24, 2.45) is 0 Å². The molecule has 21 heavy (non-hydrogen) atoms. The second-order valence-electron chi connectivity index (χ2n) is 6.02. The third-order valence-electron chi connectivity index (χ3n) is 4.43. The maximum Gasteiger partial charge on any atom is 0.236 e. The van der Waals surface area contributed by atoms with E-state index in [-0.39, 0.29) is 11.8 Å². The van der Waals surface area contributed by atoms with Crippen LogP contribution in [0.15, 0.2) is 0 Å². The van der Waals surface area contributed by atoms with Crippen LogP contribution in [0, 0.1) is 0 Å². The van der Waals surface area contributed by atoms with Crippen LogP contribution in [0.25, 0.3) is 0 Å². The maximum absolute atomic E-state index is 12.3. The smallest absolute Gasteiger partial charge is 0.236 e. The van der Waals surface area contributed by atoms with Crippen molar-refractivity contribution in [3.8, 4) is 0 Å². The van der Waals surface area contributed by atoms with Gasteiger partial charge in [0.1, 0.15) is 0 Å². The summed E-state index contributed by atoms with van der Waals surface area (Å²) in [6.45, 7) is 6.32. The van der Waals surface area contributed by atoms with Gasteiger partial charge in [-0.1, -0.05) is 12.8 Å². The number of likely N-dealkylation sites (N-methyl/N-ethyl adjacent to an activating group) is 1. The zero-order valence-electron chi connectivity index (χ0n) is 13.1. The van der Waals surface area contributed by atoms with E-state index < -0.39 is 0 Å². The number of hydrogen-bond acceptors (Lipinski definition) is 4. The Bertz CT molecular complexity index is 346. The van der Waals surface area contributed by atoms with Gasteiger partial charge in [-0.15, -0.1) is 0 Å². The van der Waals surface area contributed by atoms with Crippen molar-refractivity contribution in [2.45, 2.75) is 25.7 Å². The lowest BCUT2D eigenvalue weighted by molar-refractivity contribution is -0.133. The molecule has 1 N–H and O–H groups in total. The van der Waals surface area contributed by atoms with E-state index in [0.29, 0.717) is 13.1 Å². The van der Waals surface area contributed by atoms with E-state index >= 15 is 0 Å². The largest absolute Gasteiger partial charge is 0.358 e. The van der Waals surface area contributed by atoms with Crippen LogP contribution in [-0.2, 0) is 9.59 Å². The highest BCUT2D eigenvalue weighted by molar-refractivity contribution is 5.78. The van der Waals surface area contributed by atoms with Crippen LogP contribution in [0.4, 0.5) is 0 Å². The van der Waals surface area contributed by atoms with E-state index in [1.165, 1.54) is 12.8 Å². The summed E-state index contributed by atoms with van der Waals surface area (Å²) >= 11 is 0. The Morgan fingerprint density at radius 2 is 1.33 bits per heavy atom. The summed E-state index contributed by atoms with van der Waals surface area (Å²) in [5.74, 6) is 0.334. The molecule has 0 radical (unpaired) electrons. The van der Waals surface area contributed by atoms with Gasteiger partial charge in [-0.2, -0.15) is 0 Å². The Balaban J connectivity index is 1.70. The number of carbonyl (C=O) groups excluding carboxylic acids is 2. The molecule has 120 valence electrons. The van der Waals surface area contributed by atoms with Crippen molar-refractivity contribution in [1.82, 2.24) is 20.0 Å². The molecular weight excluding hydrogens is 268 g/mol. The molecule has 0 spiro atoms. The second-order valence-corrected chi connectivity index (χ2v) is 6.02. The van der Waals surface area contributed by atoms with Gasteiger partial charge in [0.2, 0.25) is 11.8 Å². The molecule has 2 aliphatic heterocycles. The minimum atomic E-state index is 0.0593. The molecule has 2 rings (SSSR count). The third-order valence-corrected chi connectivity index (χ3v) is 4.43. The predicted molar refractivity (Wildman–Crippen MR) is 82.0 cm³/mol. The number of amides is 2. The molecule has 2 amide bonds. The topological polar surface area (TPSA) is 55.9 Å². The number of nitrogens with one attached hydrogen (secondary N) is 1. The van der Waals surface area contributed by atoms with E-state index in [0.717, 1.165) is 52.1 Å². The monoisotopic (exact) mass is 296 g/mol. The molecular formula is C15H28N4O2. The van der Waals surface area contributed by atoms with E-state index in [9.17, 15) is 9.59 Å². The molecule has 6 nitrogen and oxygen atoms in total. The first kappa shape index (κ1) is 16.2. The van der Waals surface area contributed by atoms with Gasteiger partial charge < -0.3 is 10.2 Å². The molecule has 0 atom stereocenters. The Morgan fingerprint density at radius 1 is 0.810 bits per heavy atom. The molecule has 2 saturated heterocycles. The van der Waals surface area contributed by atoms with Crippen molar-refractivity contribution < 1.29 is 9.59 Å². The molecule has 0 aromatic heterocycles. The van der Waals surface area contributed by atoms with E-state index in [1.807, 2.05) is 4.90 Å². The van der Waals surface area contributed by atoms with Gasteiger partial charge in [0, 0.05) is 46.3 Å².